The van der Waals surface area contributed by atoms with Crippen molar-refractivity contribution in [2.75, 3.05) is 13.1 Å². The van der Waals surface area contributed by atoms with Crippen LogP contribution in [0.2, 0.25) is 5.02 Å². The van der Waals surface area contributed by atoms with E-state index in [-0.39, 0.29) is 34.3 Å². The molecule has 1 N–H and O–H groups in total. The van der Waals surface area contributed by atoms with Crippen molar-refractivity contribution in [2.45, 2.75) is 31.6 Å². The molecule has 3 heterocycles. The molecule has 0 spiro atoms. The summed E-state index contributed by atoms with van der Waals surface area (Å²) in [6.07, 6.45) is 0.646. The van der Waals surface area contributed by atoms with E-state index in [0.29, 0.717) is 27.9 Å². The molecule has 1 atom stereocenters. The highest BCUT2D eigenvalue weighted by molar-refractivity contribution is 8.18. The van der Waals surface area contributed by atoms with Crippen LogP contribution in [0.5, 0.6) is 0 Å². The normalized spacial score (nSPS) is 20.1. The summed E-state index contributed by atoms with van der Waals surface area (Å²) in [4.78, 5) is 26.8. The maximum Gasteiger partial charge on any atom is 0.416 e. The Morgan fingerprint density at radius 1 is 1.20 bits per heavy atom. The molecule has 1 aromatic heterocycles. The molecule has 2 aliphatic rings. The van der Waals surface area contributed by atoms with E-state index in [1.807, 2.05) is 0 Å². The summed E-state index contributed by atoms with van der Waals surface area (Å²) in [6.45, 7) is 1.17. The lowest BCUT2D eigenvalue weighted by Crippen LogP contribution is -2.39. The van der Waals surface area contributed by atoms with Gasteiger partial charge in [-0.15, -0.1) is 0 Å². The zero-order valence-electron chi connectivity index (χ0n) is 18.3. The number of nitrogens with one attached hydrogen (secondary N) is 1. The third-order valence-corrected chi connectivity index (χ3v) is 7.24. The number of nitrogens with zero attached hydrogens (tertiary/aromatic N) is 3. The molecule has 5 rings (SSSR count). The second kappa shape index (κ2) is 9.33. The van der Waals surface area contributed by atoms with Crippen LogP contribution < -0.4 is 5.32 Å². The third kappa shape index (κ3) is 4.96. The Morgan fingerprint density at radius 2 is 2.03 bits per heavy atom. The van der Waals surface area contributed by atoms with Crippen LogP contribution in [0.15, 0.2) is 47.5 Å². The predicted molar refractivity (Wildman–Crippen MR) is 129 cm³/mol. The van der Waals surface area contributed by atoms with Gasteiger partial charge in [-0.25, -0.2) is 0 Å². The van der Waals surface area contributed by atoms with Gasteiger partial charge in [0.2, 0.25) is 0 Å². The van der Waals surface area contributed by atoms with Gasteiger partial charge in [0.05, 0.1) is 28.7 Å². The fourth-order valence-corrected chi connectivity index (χ4v) is 5.40. The highest BCUT2D eigenvalue weighted by atomic mass is 35.5. The van der Waals surface area contributed by atoms with E-state index < -0.39 is 11.7 Å². The SMILES string of the molecule is O=C1SC(=Cc2ccc3c(cnn3Cc3ccc(Cl)cc3C(F)(F)F)c2)C(=O)N1CC1CCCN1. The van der Waals surface area contributed by atoms with Crippen molar-refractivity contribution < 1.29 is 22.8 Å². The van der Waals surface area contributed by atoms with Gasteiger partial charge in [0, 0.05) is 23.0 Å². The number of alkyl halides is 3. The number of imide groups is 1. The summed E-state index contributed by atoms with van der Waals surface area (Å²) in [5, 5.41) is 7.98. The molecule has 182 valence electrons. The highest BCUT2D eigenvalue weighted by Gasteiger charge is 2.37. The molecule has 2 fully saturated rings. The van der Waals surface area contributed by atoms with Crippen molar-refractivity contribution in [1.29, 1.82) is 0 Å². The van der Waals surface area contributed by atoms with Gasteiger partial charge in [0.1, 0.15) is 0 Å². The molecule has 0 bridgehead atoms. The van der Waals surface area contributed by atoms with Crippen molar-refractivity contribution >= 4 is 51.5 Å². The van der Waals surface area contributed by atoms with Gasteiger partial charge < -0.3 is 5.32 Å². The Bertz CT molecular complexity index is 1350. The molecule has 2 amide bonds. The van der Waals surface area contributed by atoms with Gasteiger partial charge in [0.15, 0.2) is 0 Å². The molecular formula is C24H20ClF3N4O2S. The minimum atomic E-state index is -4.53. The number of fused-ring (bicyclic) bond motifs is 1. The quantitative estimate of drug-likeness (QED) is 0.447. The van der Waals surface area contributed by atoms with Crippen LogP contribution in [0.25, 0.3) is 17.0 Å². The summed E-state index contributed by atoms with van der Waals surface area (Å²) >= 11 is 6.69. The van der Waals surface area contributed by atoms with Crippen LogP contribution in [0.3, 0.4) is 0 Å². The Balaban J connectivity index is 1.37. The standard InChI is InChI=1S/C24H20ClF3N4O2S/c25-17-5-4-15(19(10-17)24(26,27)28)12-32-20-6-3-14(8-16(20)11-30-32)9-21-22(33)31(23(34)35-21)13-18-2-1-7-29-18/h3-6,8-11,18,29H,1-2,7,12-13H2. The molecule has 0 radical (unpaired) electrons. The molecule has 6 nitrogen and oxygen atoms in total. The largest absolute Gasteiger partial charge is 0.416 e. The molecule has 2 aromatic carbocycles. The summed E-state index contributed by atoms with van der Waals surface area (Å²) in [6, 6.07) is 9.09. The van der Waals surface area contributed by atoms with Crippen molar-refractivity contribution in [3.05, 3.63) is 69.2 Å². The van der Waals surface area contributed by atoms with Gasteiger partial charge >= 0.3 is 6.18 Å². The van der Waals surface area contributed by atoms with Crippen LogP contribution >= 0.6 is 23.4 Å². The van der Waals surface area contributed by atoms with E-state index in [2.05, 4.69) is 10.4 Å². The highest BCUT2D eigenvalue weighted by Crippen LogP contribution is 2.35. The van der Waals surface area contributed by atoms with Crippen LogP contribution in [0, 0.1) is 0 Å². The third-order valence-electron chi connectivity index (χ3n) is 6.10. The summed E-state index contributed by atoms with van der Waals surface area (Å²) in [5.74, 6) is -0.313. The second-order valence-electron chi connectivity index (χ2n) is 8.51. The number of thioether (sulfide) groups is 1. The molecular weight excluding hydrogens is 501 g/mol. The van der Waals surface area contributed by atoms with Crippen LogP contribution in [-0.4, -0.2) is 45.0 Å². The molecule has 3 aromatic rings. The van der Waals surface area contributed by atoms with Gasteiger partial charge in [0.25, 0.3) is 11.1 Å². The molecule has 0 saturated carbocycles. The van der Waals surface area contributed by atoms with Gasteiger partial charge in [-0.2, -0.15) is 18.3 Å². The minimum absolute atomic E-state index is 0.0139. The zero-order valence-corrected chi connectivity index (χ0v) is 19.9. The first kappa shape index (κ1) is 23.9. The fraction of sp³-hybridized carbons (Fsp3) is 0.292. The van der Waals surface area contributed by atoms with Crippen molar-refractivity contribution in [3.63, 3.8) is 0 Å². The monoisotopic (exact) mass is 520 g/mol. The second-order valence-corrected chi connectivity index (χ2v) is 9.93. The van der Waals surface area contributed by atoms with Crippen LogP contribution in [0.4, 0.5) is 18.0 Å². The Kier molecular flexibility index (Phi) is 6.37. The van der Waals surface area contributed by atoms with E-state index in [4.69, 9.17) is 11.6 Å². The van der Waals surface area contributed by atoms with E-state index in [9.17, 15) is 22.8 Å². The Hall–Kier alpha value is -2.82. The minimum Gasteiger partial charge on any atom is -0.312 e. The number of hydrogen-bond donors (Lipinski definition) is 1. The number of hydrogen-bond acceptors (Lipinski definition) is 5. The van der Waals surface area contributed by atoms with Gasteiger partial charge in [-0.3, -0.25) is 19.2 Å². The topological polar surface area (TPSA) is 67.2 Å². The average molecular weight is 521 g/mol. The van der Waals surface area contributed by atoms with E-state index in [1.54, 1.807) is 30.5 Å². The maximum atomic E-state index is 13.5. The first-order valence-corrected chi connectivity index (χ1v) is 12.2. The number of benzene rings is 2. The summed E-state index contributed by atoms with van der Waals surface area (Å²) in [7, 11) is 0. The lowest BCUT2D eigenvalue weighted by molar-refractivity contribution is -0.138. The number of carbonyl (C=O) groups is 2. The number of amides is 2. The Morgan fingerprint density at radius 3 is 2.77 bits per heavy atom. The van der Waals surface area contributed by atoms with Gasteiger partial charge in [-0.05, 0) is 72.6 Å². The average Bonchev–Trinajstić information content (AvgIpc) is 3.52. The number of carbonyl (C=O) groups excluding carboxylic acids is 2. The van der Waals surface area contributed by atoms with Gasteiger partial charge in [-0.1, -0.05) is 23.7 Å². The van der Waals surface area contributed by atoms with E-state index in [0.717, 1.165) is 37.2 Å². The lowest BCUT2D eigenvalue weighted by atomic mass is 10.1. The molecule has 2 aliphatic heterocycles. The number of halogens is 4. The molecule has 1 unspecified atom stereocenters. The van der Waals surface area contributed by atoms with E-state index in [1.165, 1.54) is 21.7 Å². The predicted octanol–water partition coefficient (Wildman–Crippen LogP) is 5.55. The molecule has 2 saturated heterocycles. The zero-order chi connectivity index (χ0) is 24.7. The Labute approximate surface area is 208 Å². The summed E-state index contributed by atoms with van der Waals surface area (Å²) in [5.41, 5.74) is 0.602. The fourth-order valence-electron chi connectivity index (χ4n) is 4.37. The number of rotatable bonds is 5. The first-order valence-electron chi connectivity index (χ1n) is 11.0. The van der Waals surface area contributed by atoms with Crippen molar-refractivity contribution in [2.24, 2.45) is 0 Å². The number of aromatic nitrogens is 2. The van der Waals surface area contributed by atoms with Crippen LogP contribution in [-0.2, 0) is 17.5 Å². The molecule has 11 heteroatoms. The maximum absolute atomic E-state index is 13.5. The molecule has 35 heavy (non-hydrogen) atoms. The smallest absolute Gasteiger partial charge is 0.312 e. The molecule has 0 aliphatic carbocycles. The summed E-state index contributed by atoms with van der Waals surface area (Å²) < 4.78 is 41.9. The first-order chi connectivity index (χ1) is 16.7. The lowest BCUT2D eigenvalue weighted by Gasteiger charge is -2.17. The van der Waals surface area contributed by atoms with Crippen molar-refractivity contribution in [3.8, 4) is 0 Å². The van der Waals surface area contributed by atoms with Crippen LogP contribution in [0.1, 0.15) is 29.5 Å². The van der Waals surface area contributed by atoms with E-state index >= 15 is 0 Å². The van der Waals surface area contributed by atoms with Crippen molar-refractivity contribution in [1.82, 2.24) is 20.0 Å².